The Bertz CT molecular complexity index is 1620. The maximum atomic E-state index is 13.7. The van der Waals surface area contributed by atoms with Gasteiger partial charge in [-0.15, -0.1) is 0 Å². The third kappa shape index (κ3) is 5.16. The fraction of sp³-hybridized carbons (Fsp3) is 0.414. The van der Waals surface area contributed by atoms with Crippen molar-refractivity contribution in [3.8, 4) is 5.69 Å². The lowest BCUT2D eigenvalue weighted by Crippen LogP contribution is -2.41. The van der Waals surface area contributed by atoms with Gasteiger partial charge >= 0.3 is 6.03 Å². The second kappa shape index (κ2) is 10.1. The van der Waals surface area contributed by atoms with Gasteiger partial charge in [-0.25, -0.2) is 14.5 Å². The van der Waals surface area contributed by atoms with Gasteiger partial charge in [0.15, 0.2) is 0 Å². The van der Waals surface area contributed by atoms with Crippen LogP contribution in [0.2, 0.25) is 0 Å². The second-order valence-electron chi connectivity index (χ2n) is 11.9. The van der Waals surface area contributed by atoms with E-state index in [1.54, 1.807) is 37.8 Å². The van der Waals surface area contributed by atoms with Crippen LogP contribution in [0.1, 0.15) is 58.2 Å². The van der Waals surface area contributed by atoms with Crippen LogP contribution in [0, 0.1) is 0 Å². The molecule has 0 radical (unpaired) electrons. The number of carbonyl (C=O) groups is 1. The van der Waals surface area contributed by atoms with Crippen LogP contribution in [0.15, 0.2) is 53.5 Å². The first kappa shape index (κ1) is 27.3. The van der Waals surface area contributed by atoms with E-state index >= 15 is 0 Å². The molecule has 4 N–H and O–H groups in total. The van der Waals surface area contributed by atoms with Gasteiger partial charge in [0.1, 0.15) is 11.5 Å². The van der Waals surface area contributed by atoms with Gasteiger partial charge in [-0.1, -0.05) is 39.0 Å². The summed E-state index contributed by atoms with van der Waals surface area (Å²) in [5.41, 5.74) is 1.36. The zero-order valence-electron chi connectivity index (χ0n) is 23.7. The molecule has 2 amide bonds. The fourth-order valence-corrected chi connectivity index (χ4v) is 4.76. The number of urea groups is 1. The van der Waals surface area contributed by atoms with Crippen LogP contribution < -0.4 is 21.5 Å². The van der Waals surface area contributed by atoms with Gasteiger partial charge in [0.2, 0.25) is 5.95 Å². The van der Waals surface area contributed by atoms with Gasteiger partial charge in [0, 0.05) is 47.6 Å². The standard InChI is InChI=1S/C29H36N8O3/c1-28(2,3)22-14-23(37(35-22)18-10-8-7-9-11-18)33-27(40)32-21-13-19(21)20-12-17-15-31-26(30-6)34-24(17)36(25(20)39)29(4,5)16-38/h7-12,14-15,19,21,38H,13,16H2,1-6H3,(H,30,31,34)(H2,32,33,40). The van der Waals surface area contributed by atoms with Crippen LogP contribution in [-0.2, 0) is 11.0 Å². The molecule has 1 aliphatic carbocycles. The monoisotopic (exact) mass is 544 g/mol. The van der Waals surface area contributed by atoms with E-state index in [9.17, 15) is 14.7 Å². The number of pyridine rings is 1. The minimum atomic E-state index is -0.888. The summed E-state index contributed by atoms with van der Waals surface area (Å²) in [6, 6.07) is 12.7. The molecule has 0 spiro atoms. The van der Waals surface area contributed by atoms with Crippen molar-refractivity contribution < 1.29 is 9.90 Å². The molecule has 1 fully saturated rings. The van der Waals surface area contributed by atoms with Gasteiger partial charge in [-0.05, 0) is 38.5 Å². The van der Waals surface area contributed by atoms with Crippen molar-refractivity contribution in [1.82, 2.24) is 29.6 Å². The van der Waals surface area contributed by atoms with Crippen molar-refractivity contribution in [2.75, 3.05) is 24.3 Å². The van der Waals surface area contributed by atoms with E-state index in [2.05, 4.69) is 46.7 Å². The summed E-state index contributed by atoms with van der Waals surface area (Å²) < 4.78 is 3.25. The topological polar surface area (TPSA) is 139 Å². The second-order valence-corrected chi connectivity index (χ2v) is 11.9. The molecular weight excluding hydrogens is 508 g/mol. The Labute approximate surface area is 232 Å². The van der Waals surface area contributed by atoms with E-state index in [1.165, 1.54) is 4.57 Å². The number of para-hydroxylation sites is 1. The molecule has 40 heavy (non-hydrogen) atoms. The van der Waals surface area contributed by atoms with Gasteiger partial charge < -0.3 is 15.7 Å². The van der Waals surface area contributed by atoms with E-state index in [-0.39, 0.29) is 35.6 Å². The molecule has 1 aromatic carbocycles. The van der Waals surface area contributed by atoms with E-state index < -0.39 is 5.54 Å². The molecule has 3 aromatic heterocycles. The number of aromatic nitrogens is 5. The highest BCUT2D eigenvalue weighted by molar-refractivity contribution is 5.89. The number of rotatable bonds is 7. The molecule has 3 heterocycles. The quantitative estimate of drug-likeness (QED) is 0.278. The summed E-state index contributed by atoms with van der Waals surface area (Å²) in [4.78, 5) is 35.6. The van der Waals surface area contributed by atoms with E-state index in [0.29, 0.717) is 34.8 Å². The molecule has 210 valence electrons. The normalized spacial score (nSPS) is 17.1. The van der Waals surface area contributed by atoms with Crippen molar-refractivity contribution in [2.45, 2.75) is 64.0 Å². The van der Waals surface area contributed by atoms with E-state index in [0.717, 1.165) is 11.4 Å². The van der Waals surface area contributed by atoms with Crippen LogP contribution in [0.3, 0.4) is 0 Å². The molecule has 11 heteroatoms. The molecule has 5 rings (SSSR count). The van der Waals surface area contributed by atoms with Crippen molar-refractivity contribution >= 4 is 28.8 Å². The van der Waals surface area contributed by atoms with E-state index in [1.807, 2.05) is 36.4 Å². The summed E-state index contributed by atoms with van der Waals surface area (Å²) in [5.74, 6) is 0.770. The molecule has 0 saturated heterocycles. The zero-order chi connectivity index (χ0) is 28.8. The number of nitrogens with zero attached hydrogens (tertiary/aromatic N) is 5. The first-order valence-electron chi connectivity index (χ1n) is 13.4. The number of hydrogen-bond acceptors (Lipinski definition) is 7. The lowest BCUT2D eigenvalue weighted by Gasteiger charge is -2.27. The molecule has 2 unspecified atom stereocenters. The Morgan fingerprint density at radius 3 is 2.50 bits per heavy atom. The highest BCUT2D eigenvalue weighted by atomic mass is 16.3. The zero-order valence-corrected chi connectivity index (χ0v) is 23.7. The first-order valence-corrected chi connectivity index (χ1v) is 13.4. The van der Waals surface area contributed by atoms with Crippen molar-refractivity contribution in [3.05, 3.63) is 70.3 Å². The number of amides is 2. The Kier molecular flexibility index (Phi) is 6.87. The maximum Gasteiger partial charge on any atom is 0.320 e. The minimum Gasteiger partial charge on any atom is -0.394 e. The average Bonchev–Trinajstić information content (AvgIpc) is 3.53. The van der Waals surface area contributed by atoms with Crippen molar-refractivity contribution in [2.24, 2.45) is 0 Å². The predicted octanol–water partition coefficient (Wildman–Crippen LogP) is 3.72. The van der Waals surface area contributed by atoms with E-state index in [4.69, 9.17) is 5.10 Å². The third-order valence-corrected chi connectivity index (χ3v) is 7.21. The largest absolute Gasteiger partial charge is 0.394 e. The van der Waals surface area contributed by atoms with Crippen molar-refractivity contribution in [3.63, 3.8) is 0 Å². The summed E-state index contributed by atoms with van der Waals surface area (Å²) in [6.07, 6.45) is 2.28. The molecule has 0 bridgehead atoms. The summed E-state index contributed by atoms with van der Waals surface area (Å²) >= 11 is 0. The summed E-state index contributed by atoms with van der Waals surface area (Å²) in [5, 5.41) is 24.4. The SMILES string of the molecule is CNc1ncc2cc(C3CC3NC(=O)Nc3cc(C(C)(C)C)nn3-c3ccccc3)c(=O)n(C(C)(C)CO)c2n1. The average molecular weight is 545 g/mol. The molecule has 0 aliphatic heterocycles. The lowest BCUT2D eigenvalue weighted by molar-refractivity contribution is 0.164. The van der Waals surface area contributed by atoms with Crippen LogP contribution in [0.4, 0.5) is 16.6 Å². The van der Waals surface area contributed by atoms with Crippen LogP contribution >= 0.6 is 0 Å². The number of aliphatic hydroxyl groups excluding tert-OH is 1. The van der Waals surface area contributed by atoms with Crippen LogP contribution in [0.25, 0.3) is 16.7 Å². The number of hydrogen-bond donors (Lipinski definition) is 4. The number of aliphatic hydroxyl groups is 1. The van der Waals surface area contributed by atoms with Gasteiger partial charge in [-0.2, -0.15) is 10.1 Å². The third-order valence-electron chi connectivity index (χ3n) is 7.21. The Morgan fingerprint density at radius 1 is 1.12 bits per heavy atom. The predicted molar refractivity (Wildman–Crippen MR) is 155 cm³/mol. The van der Waals surface area contributed by atoms with Gasteiger partial charge in [0.05, 0.1) is 23.5 Å². The van der Waals surface area contributed by atoms with Crippen LogP contribution in [-0.4, -0.2) is 55.1 Å². The first-order chi connectivity index (χ1) is 18.9. The number of nitrogens with one attached hydrogen (secondary N) is 3. The molecule has 4 aromatic rings. The Balaban J connectivity index is 1.40. The highest BCUT2D eigenvalue weighted by Crippen LogP contribution is 2.40. The maximum absolute atomic E-state index is 13.7. The Morgan fingerprint density at radius 2 is 1.85 bits per heavy atom. The van der Waals surface area contributed by atoms with Gasteiger partial charge in [-0.3, -0.25) is 14.7 Å². The molecule has 11 nitrogen and oxygen atoms in total. The molecule has 1 saturated carbocycles. The van der Waals surface area contributed by atoms with Gasteiger partial charge in [0.25, 0.3) is 5.56 Å². The molecule has 2 atom stereocenters. The summed E-state index contributed by atoms with van der Waals surface area (Å²) in [7, 11) is 1.71. The fourth-order valence-electron chi connectivity index (χ4n) is 4.76. The minimum absolute atomic E-state index is 0.170. The van der Waals surface area contributed by atoms with Crippen molar-refractivity contribution in [1.29, 1.82) is 0 Å². The highest BCUT2D eigenvalue weighted by Gasteiger charge is 2.42. The Hall–Kier alpha value is -4.25. The molecule has 1 aliphatic rings. The summed E-state index contributed by atoms with van der Waals surface area (Å²) in [6.45, 7) is 9.55. The number of benzene rings is 1. The van der Waals surface area contributed by atoms with Crippen LogP contribution in [0.5, 0.6) is 0 Å². The molecular formula is C29H36N8O3. The number of fused-ring (bicyclic) bond motifs is 1. The lowest BCUT2D eigenvalue weighted by atomic mass is 9.92. The number of carbonyl (C=O) groups excluding carboxylic acids is 1. The smallest absolute Gasteiger partial charge is 0.320 e. The number of anilines is 2.